The molecule has 2 aliphatic carbocycles. The highest BCUT2D eigenvalue weighted by Crippen LogP contribution is 2.52. The molecule has 0 spiro atoms. The molecule has 10 N–H and O–H groups in total. The molecule has 23 nitrogen and oxygen atoms in total. The zero-order valence-corrected chi connectivity index (χ0v) is 31.1. The molecule has 1 saturated heterocycles. The SMILES string of the molecule is CC(=O)CNC(=O)CNC(=O)CNC(=O)CNC(=O)[C@H](CO[C@@H]1OC(CO)[C@@H](O)C(O)C1O)NC(=O)CCNC(=O)OC[C@@H]1[C@@H]2CCc3nnn(C)c3CC[C@@H]21. The van der Waals surface area contributed by atoms with Gasteiger partial charge in [0.25, 0.3) is 0 Å². The summed E-state index contributed by atoms with van der Waals surface area (Å²) in [5.41, 5.74) is 2.13. The van der Waals surface area contributed by atoms with Crippen LogP contribution in [-0.4, -0.2) is 166 Å². The normalized spacial score (nSPS) is 25.8. The molecule has 9 atom stereocenters. The number of Topliss-reactive ketones (excluding diaryl/α,β-unsaturated/α-hetero) is 1. The molecule has 312 valence electrons. The van der Waals surface area contributed by atoms with E-state index in [-0.39, 0.29) is 37.8 Å². The van der Waals surface area contributed by atoms with Gasteiger partial charge in [0.15, 0.2) is 6.29 Å². The zero-order chi connectivity index (χ0) is 40.9. The van der Waals surface area contributed by atoms with Crippen molar-refractivity contribution in [2.24, 2.45) is 24.8 Å². The van der Waals surface area contributed by atoms with Crippen LogP contribution in [0.3, 0.4) is 0 Å². The van der Waals surface area contributed by atoms with Gasteiger partial charge < -0.3 is 66.5 Å². The lowest BCUT2D eigenvalue weighted by molar-refractivity contribution is -0.301. The molecule has 0 bridgehead atoms. The summed E-state index contributed by atoms with van der Waals surface area (Å²) < 4.78 is 17.9. The highest BCUT2D eigenvalue weighted by molar-refractivity contribution is 5.92. The summed E-state index contributed by atoms with van der Waals surface area (Å²) in [6.45, 7) is -1.98. The highest BCUT2D eigenvalue weighted by atomic mass is 16.7. The second-order valence-electron chi connectivity index (χ2n) is 13.9. The summed E-state index contributed by atoms with van der Waals surface area (Å²) in [5, 5.41) is 62.1. The molecule has 4 rings (SSSR count). The van der Waals surface area contributed by atoms with Crippen LogP contribution in [0.1, 0.15) is 37.6 Å². The molecule has 3 aliphatic rings. The fourth-order valence-electron chi connectivity index (χ4n) is 6.56. The van der Waals surface area contributed by atoms with Gasteiger partial charge >= 0.3 is 6.09 Å². The number of amides is 6. The Kier molecular flexibility index (Phi) is 16.4. The highest BCUT2D eigenvalue weighted by Gasteiger charge is 2.50. The van der Waals surface area contributed by atoms with Crippen molar-refractivity contribution in [2.45, 2.75) is 75.8 Å². The summed E-state index contributed by atoms with van der Waals surface area (Å²) in [6, 6.07) is -1.53. The number of aromatic nitrogens is 3. The van der Waals surface area contributed by atoms with Crippen LogP contribution < -0.4 is 31.9 Å². The summed E-state index contributed by atoms with van der Waals surface area (Å²) in [4.78, 5) is 85.2. The Morgan fingerprint density at radius 2 is 1.46 bits per heavy atom. The van der Waals surface area contributed by atoms with Crippen LogP contribution in [0, 0.1) is 17.8 Å². The molecule has 2 heterocycles. The van der Waals surface area contributed by atoms with E-state index < -0.39 is 105 Å². The van der Waals surface area contributed by atoms with Crippen molar-refractivity contribution in [1.82, 2.24) is 46.9 Å². The molecule has 1 saturated carbocycles. The first-order valence-corrected chi connectivity index (χ1v) is 18.2. The van der Waals surface area contributed by atoms with Gasteiger partial charge in [-0.1, -0.05) is 5.21 Å². The monoisotopic (exact) mass is 797 g/mol. The van der Waals surface area contributed by atoms with E-state index in [0.717, 1.165) is 37.1 Å². The molecule has 0 radical (unpaired) electrons. The van der Waals surface area contributed by atoms with Crippen molar-refractivity contribution in [1.29, 1.82) is 0 Å². The third kappa shape index (κ3) is 12.9. The Hall–Kier alpha value is -4.81. The van der Waals surface area contributed by atoms with Gasteiger partial charge in [-0.05, 0) is 50.4 Å². The van der Waals surface area contributed by atoms with E-state index in [4.69, 9.17) is 14.2 Å². The van der Waals surface area contributed by atoms with Gasteiger partial charge in [0, 0.05) is 20.0 Å². The minimum Gasteiger partial charge on any atom is -0.449 e. The molecule has 6 amide bonds. The van der Waals surface area contributed by atoms with Crippen LogP contribution in [0.15, 0.2) is 0 Å². The van der Waals surface area contributed by atoms with Crippen molar-refractivity contribution in [3.05, 3.63) is 11.4 Å². The number of aliphatic hydroxyl groups is 4. The average molecular weight is 798 g/mol. The topological polar surface area (TPSA) is 331 Å². The van der Waals surface area contributed by atoms with Gasteiger partial charge in [-0.25, -0.2) is 4.79 Å². The number of hydrogen-bond donors (Lipinski definition) is 10. The molecule has 56 heavy (non-hydrogen) atoms. The number of nitrogens with one attached hydrogen (secondary N) is 6. The number of hydrogen-bond acceptors (Lipinski definition) is 16. The van der Waals surface area contributed by atoms with Crippen LogP contribution in [-0.2, 0) is 62.9 Å². The van der Waals surface area contributed by atoms with Crippen LogP contribution in [0.2, 0.25) is 0 Å². The van der Waals surface area contributed by atoms with Gasteiger partial charge in [-0.3, -0.25) is 33.4 Å². The van der Waals surface area contributed by atoms with Crippen molar-refractivity contribution in [2.75, 3.05) is 52.5 Å². The Balaban J connectivity index is 1.21. The van der Waals surface area contributed by atoms with Crippen LogP contribution in [0.25, 0.3) is 0 Å². The van der Waals surface area contributed by atoms with E-state index in [0.29, 0.717) is 11.8 Å². The van der Waals surface area contributed by atoms with Crippen molar-refractivity contribution in [3.63, 3.8) is 0 Å². The van der Waals surface area contributed by atoms with E-state index in [9.17, 15) is 54.0 Å². The fraction of sp³-hybridized carbons (Fsp3) is 0.727. The number of carbonyl (C=O) groups is 7. The molecule has 1 aromatic heterocycles. The number of fused-ring (bicyclic) bond motifs is 2. The summed E-state index contributed by atoms with van der Waals surface area (Å²) in [6.07, 6.45) is -5.71. The van der Waals surface area contributed by atoms with Crippen LogP contribution in [0.4, 0.5) is 4.79 Å². The first kappa shape index (κ1) is 43.9. The maximum atomic E-state index is 13.1. The molecule has 0 aromatic carbocycles. The summed E-state index contributed by atoms with van der Waals surface area (Å²) >= 11 is 0. The standard InChI is InChI=1S/C33H51N9O14/c1-16(44)9-35-25(46)10-36-26(47)11-37-27(48)12-38-31(52)21(15-54-32-30(51)29(50)28(49)23(13-43)56-32)39-24(45)7-8-34-33(53)55-14-19-17-3-5-20-22(6-4-18(17)19)42(2)41-40-20/h17-19,21,23,28-30,32,43,49-51H,3-15H2,1-2H3,(H,34,53)(H,35,46)(H,36,47)(H,37,48)(H,38,52)(H,39,45)/t17-,18+,19-,21+,23?,28-,29?,30?,32-/m1/s1. The largest absolute Gasteiger partial charge is 0.449 e. The lowest BCUT2D eigenvalue weighted by Crippen LogP contribution is -2.60. The quantitative estimate of drug-likeness (QED) is 0.0623. The van der Waals surface area contributed by atoms with Crippen molar-refractivity contribution in [3.8, 4) is 0 Å². The Bertz CT molecular complexity index is 1570. The minimum atomic E-state index is -1.81. The Labute approximate surface area is 320 Å². The second kappa shape index (κ2) is 20.9. The van der Waals surface area contributed by atoms with Gasteiger partial charge in [0.1, 0.15) is 36.2 Å². The molecular formula is C33H51N9O14. The predicted molar refractivity (Wildman–Crippen MR) is 186 cm³/mol. The van der Waals surface area contributed by atoms with E-state index in [2.05, 4.69) is 42.2 Å². The van der Waals surface area contributed by atoms with E-state index >= 15 is 0 Å². The van der Waals surface area contributed by atoms with E-state index in [1.54, 1.807) is 4.68 Å². The smallest absolute Gasteiger partial charge is 0.407 e. The van der Waals surface area contributed by atoms with Gasteiger partial charge in [-0.15, -0.1) is 5.10 Å². The van der Waals surface area contributed by atoms with E-state index in [1.165, 1.54) is 6.92 Å². The van der Waals surface area contributed by atoms with E-state index in [1.807, 2.05) is 7.05 Å². The zero-order valence-electron chi connectivity index (χ0n) is 31.1. The third-order valence-electron chi connectivity index (χ3n) is 9.77. The average Bonchev–Trinajstić information content (AvgIpc) is 3.70. The number of alkyl carbamates (subject to hydrolysis) is 1. The van der Waals surface area contributed by atoms with Gasteiger partial charge in [0.2, 0.25) is 29.5 Å². The number of aliphatic hydroxyl groups excluding tert-OH is 4. The second-order valence-corrected chi connectivity index (χ2v) is 13.9. The molecule has 3 unspecified atom stereocenters. The molecule has 1 aliphatic heterocycles. The number of ketones is 1. The lowest BCUT2D eigenvalue weighted by Gasteiger charge is -2.39. The fourth-order valence-corrected chi connectivity index (χ4v) is 6.56. The number of carbonyl (C=O) groups excluding carboxylic acids is 7. The Morgan fingerprint density at radius 1 is 0.839 bits per heavy atom. The molecule has 23 heteroatoms. The summed E-state index contributed by atoms with van der Waals surface area (Å²) in [7, 11) is 1.87. The number of aryl methyl sites for hydroxylation is 2. The van der Waals surface area contributed by atoms with Gasteiger partial charge in [0.05, 0.1) is 57.4 Å². The minimum absolute atomic E-state index is 0.166. The molecular weight excluding hydrogens is 746 g/mol. The number of rotatable bonds is 19. The first-order valence-electron chi connectivity index (χ1n) is 18.2. The van der Waals surface area contributed by atoms with Gasteiger partial charge in [-0.2, -0.15) is 0 Å². The lowest BCUT2D eigenvalue weighted by atomic mass is 9.99. The third-order valence-corrected chi connectivity index (χ3v) is 9.77. The first-order chi connectivity index (χ1) is 26.7. The Morgan fingerprint density at radius 3 is 2.11 bits per heavy atom. The molecule has 1 aromatic rings. The summed E-state index contributed by atoms with van der Waals surface area (Å²) in [5.74, 6) is -3.08. The van der Waals surface area contributed by atoms with Crippen molar-refractivity contribution >= 4 is 41.4 Å². The number of nitrogens with zero attached hydrogens (tertiary/aromatic N) is 3. The van der Waals surface area contributed by atoms with Crippen LogP contribution in [0.5, 0.6) is 0 Å². The van der Waals surface area contributed by atoms with Crippen molar-refractivity contribution < 1.29 is 68.2 Å². The number of ether oxygens (including phenoxy) is 3. The molecule has 2 fully saturated rings. The maximum absolute atomic E-state index is 13.1. The maximum Gasteiger partial charge on any atom is 0.407 e. The predicted octanol–water partition coefficient (Wildman–Crippen LogP) is -5.97. The van der Waals surface area contributed by atoms with Crippen LogP contribution >= 0.6 is 0 Å².